The lowest BCUT2D eigenvalue weighted by Gasteiger charge is -2.18. The highest BCUT2D eigenvalue weighted by Gasteiger charge is 2.21. The molecule has 5 nitrogen and oxygen atoms in total. The van der Waals surface area contributed by atoms with Crippen molar-refractivity contribution in [3.05, 3.63) is 59.1 Å². The summed E-state index contributed by atoms with van der Waals surface area (Å²) in [6.45, 7) is 1.67. The van der Waals surface area contributed by atoms with Crippen molar-refractivity contribution >= 4 is 34.8 Å². The van der Waals surface area contributed by atoms with Crippen molar-refractivity contribution in [2.75, 3.05) is 30.4 Å². The van der Waals surface area contributed by atoms with E-state index in [1.807, 2.05) is 60.5 Å². The average Bonchev–Trinajstić information content (AvgIpc) is 3.03. The molecule has 1 saturated heterocycles. The first-order chi connectivity index (χ1) is 12.5. The number of amides is 2. The van der Waals surface area contributed by atoms with E-state index < -0.39 is 0 Å². The Morgan fingerprint density at radius 2 is 2.00 bits per heavy atom. The van der Waals surface area contributed by atoms with Crippen LogP contribution in [0.25, 0.3) is 0 Å². The number of nitrogens with one attached hydrogen (secondary N) is 1. The van der Waals surface area contributed by atoms with Crippen LogP contribution in [0.3, 0.4) is 0 Å². The van der Waals surface area contributed by atoms with Gasteiger partial charge in [0, 0.05) is 35.9 Å². The van der Waals surface area contributed by atoms with E-state index in [0.29, 0.717) is 23.7 Å². The van der Waals surface area contributed by atoms with Crippen LogP contribution in [-0.2, 0) is 16.1 Å². The Balaban J connectivity index is 1.56. The van der Waals surface area contributed by atoms with Crippen molar-refractivity contribution < 1.29 is 9.59 Å². The number of benzene rings is 2. The topological polar surface area (TPSA) is 52.7 Å². The van der Waals surface area contributed by atoms with Crippen LogP contribution in [0.2, 0.25) is 5.02 Å². The predicted molar refractivity (Wildman–Crippen MR) is 104 cm³/mol. The molecule has 1 heterocycles. The quantitative estimate of drug-likeness (QED) is 0.845. The molecular weight excluding hydrogens is 350 g/mol. The van der Waals surface area contributed by atoms with E-state index in [0.717, 1.165) is 24.2 Å². The summed E-state index contributed by atoms with van der Waals surface area (Å²) >= 11 is 5.89. The van der Waals surface area contributed by atoms with E-state index >= 15 is 0 Å². The third-order valence-corrected chi connectivity index (χ3v) is 4.55. The fourth-order valence-corrected chi connectivity index (χ4v) is 3.20. The zero-order valence-electron chi connectivity index (χ0n) is 14.7. The van der Waals surface area contributed by atoms with Crippen molar-refractivity contribution in [3.8, 4) is 0 Å². The fourth-order valence-electron chi connectivity index (χ4n) is 3.08. The highest BCUT2D eigenvalue weighted by atomic mass is 35.5. The van der Waals surface area contributed by atoms with E-state index in [1.165, 1.54) is 0 Å². The zero-order valence-corrected chi connectivity index (χ0v) is 15.5. The van der Waals surface area contributed by atoms with Crippen LogP contribution >= 0.6 is 11.6 Å². The molecule has 3 rings (SSSR count). The number of anilines is 2. The van der Waals surface area contributed by atoms with Gasteiger partial charge in [-0.2, -0.15) is 0 Å². The Bertz CT molecular complexity index is 792. The summed E-state index contributed by atoms with van der Waals surface area (Å²) in [6.07, 6.45) is 1.47. The molecule has 0 atom stereocenters. The molecule has 0 saturated carbocycles. The smallest absolute Gasteiger partial charge is 0.238 e. The molecule has 2 amide bonds. The van der Waals surface area contributed by atoms with Gasteiger partial charge in [-0.1, -0.05) is 29.8 Å². The Kier molecular flexibility index (Phi) is 5.91. The van der Waals surface area contributed by atoms with Crippen molar-refractivity contribution in [1.82, 2.24) is 4.90 Å². The molecule has 2 aromatic rings. The summed E-state index contributed by atoms with van der Waals surface area (Å²) in [5.41, 5.74) is 2.63. The van der Waals surface area contributed by atoms with Crippen LogP contribution in [0.1, 0.15) is 18.4 Å². The van der Waals surface area contributed by atoms with Gasteiger partial charge >= 0.3 is 0 Å². The normalized spacial score (nSPS) is 14.1. The largest absolute Gasteiger partial charge is 0.325 e. The average molecular weight is 372 g/mol. The van der Waals surface area contributed by atoms with Gasteiger partial charge in [-0.25, -0.2) is 0 Å². The van der Waals surface area contributed by atoms with Crippen molar-refractivity contribution in [1.29, 1.82) is 0 Å². The van der Waals surface area contributed by atoms with Gasteiger partial charge in [0.15, 0.2) is 0 Å². The first-order valence-electron chi connectivity index (χ1n) is 8.64. The molecule has 0 aromatic heterocycles. The predicted octanol–water partition coefficient (Wildman–Crippen LogP) is 3.54. The van der Waals surface area contributed by atoms with Gasteiger partial charge in [-0.3, -0.25) is 14.5 Å². The number of hydrogen-bond donors (Lipinski definition) is 1. The molecule has 0 unspecified atom stereocenters. The Hall–Kier alpha value is -2.37. The maximum atomic E-state index is 12.3. The highest BCUT2D eigenvalue weighted by molar-refractivity contribution is 6.30. The maximum Gasteiger partial charge on any atom is 0.238 e. The number of likely N-dealkylation sites (N-methyl/N-ethyl adjacent to an activating group) is 1. The molecule has 0 aliphatic carbocycles. The summed E-state index contributed by atoms with van der Waals surface area (Å²) in [4.78, 5) is 27.9. The first kappa shape index (κ1) is 18.4. The summed E-state index contributed by atoms with van der Waals surface area (Å²) in [5.74, 6) is 0.0440. The minimum Gasteiger partial charge on any atom is -0.325 e. The second-order valence-electron chi connectivity index (χ2n) is 6.55. The van der Waals surface area contributed by atoms with Gasteiger partial charge in [0.2, 0.25) is 11.8 Å². The number of carbonyl (C=O) groups is 2. The fraction of sp³-hybridized carbons (Fsp3) is 0.300. The molecule has 0 radical (unpaired) electrons. The zero-order chi connectivity index (χ0) is 18.5. The second kappa shape index (κ2) is 8.34. The monoisotopic (exact) mass is 371 g/mol. The van der Waals surface area contributed by atoms with Crippen LogP contribution < -0.4 is 10.2 Å². The molecule has 0 spiro atoms. The lowest BCUT2D eigenvalue weighted by Crippen LogP contribution is -2.30. The molecule has 26 heavy (non-hydrogen) atoms. The third kappa shape index (κ3) is 4.84. The Labute approximate surface area is 158 Å². The van der Waals surface area contributed by atoms with Crippen LogP contribution in [0.5, 0.6) is 0 Å². The maximum absolute atomic E-state index is 12.3. The minimum atomic E-state index is -0.0913. The third-order valence-electron chi connectivity index (χ3n) is 4.29. The lowest BCUT2D eigenvalue weighted by atomic mass is 10.2. The molecule has 1 fully saturated rings. The molecule has 2 aromatic carbocycles. The van der Waals surface area contributed by atoms with Crippen LogP contribution in [-0.4, -0.2) is 36.9 Å². The van der Waals surface area contributed by atoms with Crippen molar-refractivity contribution in [2.45, 2.75) is 19.4 Å². The molecular formula is C20H22ClN3O2. The SMILES string of the molecule is CN(CC(=O)Nc1cccc(N2CCCC2=O)c1)Cc1ccc(Cl)cc1. The molecule has 0 bridgehead atoms. The minimum absolute atomic E-state index is 0.0913. The Morgan fingerprint density at radius 3 is 2.69 bits per heavy atom. The van der Waals surface area contributed by atoms with Gasteiger partial charge in [0.1, 0.15) is 0 Å². The first-order valence-corrected chi connectivity index (χ1v) is 9.02. The molecule has 1 N–H and O–H groups in total. The summed E-state index contributed by atoms with van der Waals surface area (Å²) in [6, 6.07) is 15.0. The van der Waals surface area contributed by atoms with E-state index in [9.17, 15) is 9.59 Å². The van der Waals surface area contributed by atoms with Crippen LogP contribution in [0.4, 0.5) is 11.4 Å². The van der Waals surface area contributed by atoms with E-state index in [-0.39, 0.29) is 18.4 Å². The number of carbonyl (C=O) groups excluding carboxylic acids is 2. The van der Waals surface area contributed by atoms with Gasteiger partial charge in [-0.15, -0.1) is 0 Å². The number of halogens is 1. The number of nitrogens with zero attached hydrogens (tertiary/aromatic N) is 2. The molecule has 6 heteroatoms. The van der Waals surface area contributed by atoms with Crippen molar-refractivity contribution in [2.24, 2.45) is 0 Å². The van der Waals surface area contributed by atoms with Gasteiger partial charge in [0.05, 0.1) is 6.54 Å². The standard InChI is InChI=1S/C20H22ClN3O2/c1-23(13-15-7-9-16(21)10-8-15)14-19(25)22-17-4-2-5-18(12-17)24-11-3-6-20(24)26/h2,4-5,7-10,12H,3,6,11,13-14H2,1H3,(H,22,25). The van der Waals surface area contributed by atoms with Gasteiger partial charge < -0.3 is 10.2 Å². The van der Waals surface area contributed by atoms with Crippen LogP contribution in [0, 0.1) is 0 Å². The van der Waals surface area contributed by atoms with Crippen LogP contribution in [0.15, 0.2) is 48.5 Å². The molecule has 136 valence electrons. The second-order valence-corrected chi connectivity index (χ2v) is 6.98. The van der Waals surface area contributed by atoms with Crippen molar-refractivity contribution in [3.63, 3.8) is 0 Å². The van der Waals surface area contributed by atoms with Gasteiger partial charge in [-0.05, 0) is 49.4 Å². The van der Waals surface area contributed by atoms with E-state index in [4.69, 9.17) is 11.6 Å². The summed E-state index contributed by atoms with van der Waals surface area (Å²) in [5, 5.41) is 3.61. The van der Waals surface area contributed by atoms with E-state index in [1.54, 1.807) is 4.90 Å². The summed E-state index contributed by atoms with van der Waals surface area (Å²) < 4.78 is 0. The number of hydrogen-bond acceptors (Lipinski definition) is 3. The van der Waals surface area contributed by atoms with Gasteiger partial charge in [0.25, 0.3) is 0 Å². The molecule has 1 aliphatic heterocycles. The lowest BCUT2D eigenvalue weighted by molar-refractivity contribution is -0.117. The highest BCUT2D eigenvalue weighted by Crippen LogP contribution is 2.24. The Morgan fingerprint density at radius 1 is 1.23 bits per heavy atom. The number of rotatable bonds is 6. The van der Waals surface area contributed by atoms with E-state index in [2.05, 4.69) is 5.32 Å². The summed E-state index contributed by atoms with van der Waals surface area (Å²) in [7, 11) is 1.90. The molecule has 1 aliphatic rings.